The lowest BCUT2D eigenvalue weighted by Crippen LogP contribution is -1.99. The number of ketones is 2. The van der Waals surface area contributed by atoms with Crippen LogP contribution >= 0.6 is 27.3 Å². The molecule has 0 bridgehead atoms. The van der Waals surface area contributed by atoms with Gasteiger partial charge < -0.3 is 9.53 Å². The first-order chi connectivity index (χ1) is 9.01. The van der Waals surface area contributed by atoms with E-state index in [1.54, 1.807) is 7.11 Å². The van der Waals surface area contributed by atoms with E-state index in [2.05, 4.69) is 15.9 Å². The Bertz CT molecular complexity index is 645. The van der Waals surface area contributed by atoms with Gasteiger partial charge in [-0.1, -0.05) is 0 Å². The van der Waals surface area contributed by atoms with Gasteiger partial charge in [-0.25, -0.2) is 0 Å². The predicted octanol–water partition coefficient (Wildman–Crippen LogP) is 4.22. The molecule has 0 radical (unpaired) electrons. The summed E-state index contributed by atoms with van der Waals surface area (Å²) in [6, 6.07) is 5.71. The van der Waals surface area contributed by atoms with Crippen molar-refractivity contribution in [1.29, 1.82) is 0 Å². The van der Waals surface area contributed by atoms with E-state index in [9.17, 15) is 9.59 Å². The number of halogens is 1. The third-order valence-corrected chi connectivity index (χ3v) is 4.53. The molecule has 0 aliphatic rings. The van der Waals surface area contributed by atoms with E-state index in [4.69, 9.17) is 4.74 Å². The summed E-state index contributed by atoms with van der Waals surface area (Å²) >= 11 is 4.86. The van der Waals surface area contributed by atoms with Gasteiger partial charge in [0.1, 0.15) is 11.5 Å². The van der Waals surface area contributed by atoms with E-state index in [0.29, 0.717) is 11.3 Å². The lowest BCUT2D eigenvalue weighted by molar-refractivity contribution is -0.116. The molecule has 1 heterocycles. The van der Waals surface area contributed by atoms with Crippen molar-refractivity contribution in [2.24, 2.45) is 0 Å². The summed E-state index contributed by atoms with van der Waals surface area (Å²) in [5.41, 5.74) is 0. The van der Waals surface area contributed by atoms with Crippen molar-refractivity contribution in [3.63, 3.8) is 0 Å². The number of hydrogen-bond donors (Lipinski definition) is 0. The normalized spacial score (nSPS) is 10.7. The number of ether oxygens (including phenoxy) is 1. The van der Waals surface area contributed by atoms with Gasteiger partial charge in [0.2, 0.25) is 0 Å². The van der Waals surface area contributed by atoms with Gasteiger partial charge in [-0.3, -0.25) is 4.79 Å². The maximum absolute atomic E-state index is 12.0. The van der Waals surface area contributed by atoms with Crippen LogP contribution in [-0.4, -0.2) is 18.7 Å². The topological polar surface area (TPSA) is 43.4 Å². The highest BCUT2D eigenvalue weighted by Gasteiger charge is 2.13. The second kappa shape index (κ2) is 5.84. The largest absolute Gasteiger partial charge is 0.496 e. The molecule has 0 fully saturated rings. The van der Waals surface area contributed by atoms with E-state index in [1.807, 2.05) is 18.2 Å². The van der Waals surface area contributed by atoms with Crippen LogP contribution in [0.15, 0.2) is 22.7 Å². The Balaban J connectivity index is 2.31. The highest BCUT2D eigenvalue weighted by molar-refractivity contribution is 9.10. The van der Waals surface area contributed by atoms with Crippen molar-refractivity contribution in [3.8, 4) is 5.75 Å². The van der Waals surface area contributed by atoms with Crippen LogP contribution < -0.4 is 4.74 Å². The Morgan fingerprint density at radius 3 is 2.63 bits per heavy atom. The molecular formula is C14H13BrO3S. The molecule has 5 heteroatoms. The maximum atomic E-state index is 12.0. The average molecular weight is 341 g/mol. The van der Waals surface area contributed by atoms with Crippen LogP contribution in [0.25, 0.3) is 10.1 Å². The van der Waals surface area contributed by atoms with Gasteiger partial charge in [-0.15, -0.1) is 11.3 Å². The highest BCUT2D eigenvalue weighted by atomic mass is 79.9. The van der Waals surface area contributed by atoms with Gasteiger partial charge >= 0.3 is 0 Å². The van der Waals surface area contributed by atoms with Crippen LogP contribution in [0.2, 0.25) is 0 Å². The minimum Gasteiger partial charge on any atom is -0.496 e. The molecule has 0 unspecified atom stereocenters. The fraction of sp³-hybridized carbons (Fsp3) is 0.286. The van der Waals surface area contributed by atoms with Crippen molar-refractivity contribution < 1.29 is 14.3 Å². The molecule has 0 atom stereocenters. The molecule has 2 rings (SSSR count). The van der Waals surface area contributed by atoms with Crippen LogP contribution in [0, 0.1) is 0 Å². The molecule has 0 spiro atoms. The highest BCUT2D eigenvalue weighted by Crippen LogP contribution is 2.35. The predicted molar refractivity (Wildman–Crippen MR) is 80.3 cm³/mol. The fourth-order valence-electron chi connectivity index (χ4n) is 1.75. The molecule has 100 valence electrons. The Hall–Kier alpha value is -1.20. The number of carbonyl (C=O) groups excluding carboxylic acids is 2. The molecule has 1 aromatic heterocycles. The zero-order valence-corrected chi connectivity index (χ0v) is 13.1. The number of benzene rings is 1. The number of fused-ring (bicyclic) bond motifs is 1. The molecule has 19 heavy (non-hydrogen) atoms. The van der Waals surface area contributed by atoms with E-state index in [-0.39, 0.29) is 18.0 Å². The van der Waals surface area contributed by atoms with Gasteiger partial charge in [0.15, 0.2) is 5.78 Å². The summed E-state index contributed by atoms with van der Waals surface area (Å²) in [5.74, 6) is 0.808. The van der Waals surface area contributed by atoms with Crippen molar-refractivity contribution in [2.45, 2.75) is 19.8 Å². The third-order valence-electron chi connectivity index (χ3n) is 2.77. The van der Waals surface area contributed by atoms with Crippen LogP contribution in [0.3, 0.4) is 0 Å². The number of methoxy groups -OCH3 is 1. The fourth-order valence-corrected chi connectivity index (χ4v) is 3.31. The molecule has 0 saturated carbocycles. The van der Waals surface area contributed by atoms with Gasteiger partial charge in [-0.05, 0) is 46.4 Å². The molecule has 0 saturated heterocycles. The van der Waals surface area contributed by atoms with E-state index < -0.39 is 0 Å². The average Bonchev–Trinajstić information content (AvgIpc) is 2.77. The van der Waals surface area contributed by atoms with Gasteiger partial charge in [0, 0.05) is 17.5 Å². The summed E-state index contributed by atoms with van der Waals surface area (Å²) in [6.45, 7) is 1.50. The number of rotatable bonds is 5. The Morgan fingerprint density at radius 1 is 1.26 bits per heavy atom. The first-order valence-electron chi connectivity index (χ1n) is 5.81. The molecule has 2 aromatic rings. The van der Waals surface area contributed by atoms with Gasteiger partial charge in [-0.2, -0.15) is 0 Å². The quantitative estimate of drug-likeness (QED) is 0.765. The molecular weight excluding hydrogens is 328 g/mol. The van der Waals surface area contributed by atoms with Crippen molar-refractivity contribution in [1.82, 2.24) is 0 Å². The Morgan fingerprint density at radius 2 is 2.00 bits per heavy atom. The van der Waals surface area contributed by atoms with E-state index in [0.717, 1.165) is 20.3 Å². The van der Waals surface area contributed by atoms with Crippen molar-refractivity contribution in [3.05, 3.63) is 27.5 Å². The van der Waals surface area contributed by atoms with Crippen molar-refractivity contribution >= 4 is 48.9 Å². The van der Waals surface area contributed by atoms with Gasteiger partial charge in [0.05, 0.1) is 16.5 Å². The van der Waals surface area contributed by atoms with E-state index >= 15 is 0 Å². The lowest BCUT2D eigenvalue weighted by atomic mass is 10.1. The number of carbonyl (C=O) groups is 2. The molecule has 1 aromatic carbocycles. The molecule has 0 aliphatic carbocycles. The first kappa shape index (κ1) is 14.2. The van der Waals surface area contributed by atoms with Crippen LogP contribution in [0.5, 0.6) is 5.75 Å². The minimum atomic E-state index is 0.0199. The summed E-state index contributed by atoms with van der Waals surface area (Å²) in [4.78, 5) is 23.6. The Labute approximate surface area is 123 Å². The van der Waals surface area contributed by atoms with E-state index in [1.165, 1.54) is 18.3 Å². The third kappa shape index (κ3) is 3.22. The summed E-state index contributed by atoms with van der Waals surface area (Å²) < 4.78 is 7.10. The molecule has 0 amide bonds. The second-order valence-electron chi connectivity index (χ2n) is 4.26. The number of thiophene rings is 1. The SMILES string of the molecule is COc1cc2sc(C(=O)CCC(C)=O)cc2cc1Br. The maximum Gasteiger partial charge on any atom is 0.173 e. The van der Waals surface area contributed by atoms with Crippen LogP contribution in [0.4, 0.5) is 0 Å². The van der Waals surface area contributed by atoms with Crippen LogP contribution in [-0.2, 0) is 4.79 Å². The summed E-state index contributed by atoms with van der Waals surface area (Å²) in [7, 11) is 1.61. The zero-order chi connectivity index (χ0) is 14.0. The monoisotopic (exact) mass is 340 g/mol. The number of Topliss-reactive ketones (excluding diaryl/α,β-unsaturated/α-hetero) is 2. The standard InChI is InChI=1S/C14H13BrO3S/c1-8(16)3-4-11(17)14-6-9-5-10(15)12(18-2)7-13(9)19-14/h5-7H,3-4H2,1-2H3. The Kier molecular flexibility index (Phi) is 4.37. The smallest absolute Gasteiger partial charge is 0.173 e. The first-order valence-corrected chi connectivity index (χ1v) is 7.42. The second-order valence-corrected chi connectivity index (χ2v) is 6.20. The lowest BCUT2D eigenvalue weighted by Gasteiger charge is -2.01. The minimum absolute atomic E-state index is 0.0199. The summed E-state index contributed by atoms with van der Waals surface area (Å²) in [5, 5.41) is 1.00. The number of hydrogen-bond acceptors (Lipinski definition) is 4. The molecule has 0 aliphatic heterocycles. The van der Waals surface area contributed by atoms with Crippen molar-refractivity contribution in [2.75, 3.05) is 7.11 Å². The zero-order valence-electron chi connectivity index (χ0n) is 10.7. The van der Waals surface area contributed by atoms with Crippen LogP contribution in [0.1, 0.15) is 29.4 Å². The molecule has 3 nitrogen and oxygen atoms in total. The molecule has 0 N–H and O–H groups in total. The summed E-state index contributed by atoms with van der Waals surface area (Å²) in [6.07, 6.45) is 0.584. The van der Waals surface area contributed by atoms with Gasteiger partial charge in [0.25, 0.3) is 0 Å².